The minimum Gasteiger partial charge on any atom is -0.478 e. The van der Waals surface area contributed by atoms with Crippen LogP contribution in [0.25, 0.3) is 0 Å². The minimum atomic E-state index is -1.24. The normalized spacial score (nSPS) is 13.6. The number of rotatable bonds is 1. The van der Waals surface area contributed by atoms with Gasteiger partial charge in [-0.05, 0) is 12.1 Å². The van der Waals surface area contributed by atoms with Crippen LogP contribution in [0.3, 0.4) is 0 Å². The van der Waals surface area contributed by atoms with E-state index in [2.05, 4.69) is 0 Å². The summed E-state index contributed by atoms with van der Waals surface area (Å²) in [6.07, 6.45) is 0. The van der Waals surface area contributed by atoms with Crippen molar-refractivity contribution in [1.82, 2.24) is 0 Å². The molecule has 9 heavy (non-hydrogen) atoms. The van der Waals surface area contributed by atoms with Crippen molar-refractivity contribution in [2.45, 2.75) is 0 Å². The lowest BCUT2D eigenvalue weighted by molar-refractivity contribution is 0.0697. The van der Waals surface area contributed by atoms with E-state index in [-0.39, 0.29) is 23.7 Å². The molecule has 0 aliphatic heterocycles. The second kappa shape index (κ2) is 2.31. The molecule has 0 heterocycles. The summed E-state index contributed by atoms with van der Waals surface area (Å²) < 4.78 is 21.4. The van der Waals surface area contributed by atoms with Crippen LogP contribution in [-0.4, -0.2) is 11.1 Å². The zero-order valence-corrected chi connectivity index (χ0v) is 4.51. The molecule has 0 unspecified atom stereocenters. The molecule has 0 saturated carbocycles. The van der Waals surface area contributed by atoms with Crippen molar-refractivity contribution in [2.75, 3.05) is 0 Å². The lowest BCUT2D eigenvalue weighted by Gasteiger charge is -1.88. The van der Waals surface area contributed by atoms with Gasteiger partial charge in [0.05, 0.1) is 9.68 Å². The Labute approximate surface area is 57.0 Å². The molecule has 2 nitrogen and oxygen atoms in total. The first-order valence-corrected chi connectivity index (χ1v) is 2.33. The molecule has 0 saturated heterocycles. The first-order chi connectivity index (χ1) is 5.52. The van der Waals surface area contributed by atoms with Gasteiger partial charge in [-0.1, -0.05) is 18.2 Å². The predicted molar refractivity (Wildman–Crippen MR) is 33.4 cm³/mol. The van der Waals surface area contributed by atoms with Crippen molar-refractivity contribution < 1.29 is 14.0 Å². The molecular weight excluding hydrogens is 116 g/mol. The summed E-state index contributed by atoms with van der Waals surface area (Å²) in [5, 5.41) is 8.52. The standard InChI is InChI=1S/C7H6O2/c8-7(9)6-4-2-1-3-5-6/h1-5H,(H,8,9)/i1D,2D,5D. The summed E-state index contributed by atoms with van der Waals surface area (Å²) in [7, 11) is 0. The Morgan fingerprint density at radius 2 is 2.44 bits per heavy atom. The smallest absolute Gasteiger partial charge is 0.335 e. The van der Waals surface area contributed by atoms with Crippen LogP contribution in [0.15, 0.2) is 30.3 Å². The maximum atomic E-state index is 10.4. The Bertz CT molecular complexity index is 336. The first kappa shape index (κ1) is 3.01. The van der Waals surface area contributed by atoms with E-state index < -0.39 is 5.97 Å². The Kier molecular flexibility index (Phi) is 0.772. The maximum absolute atomic E-state index is 10.4. The van der Waals surface area contributed by atoms with Gasteiger partial charge in [-0.2, -0.15) is 0 Å². The molecule has 0 amide bonds. The van der Waals surface area contributed by atoms with Crippen LogP contribution in [-0.2, 0) is 0 Å². The van der Waals surface area contributed by atoms with Gasteiger partial charge in [0, 0.05) is 0 Å². The number of benzene rings is 1. The molecule has 2 heteroatoms. The van der Waals surface area contributed by atoms with Crippen molar-refractivity contribution in [2.24, 2.45) is 0 Å². The Balaban J connectivity index is 3.33. The van der Waals surface area contributed by atoms with Crippen LogP contribution in [0.2, 0.25) is 0 Å². The lowest BCUT2D eigenvalue weighted by Crippen LogP contribution is -1.93. The molecule has 0 spiro atoms. The fourth-order valence-electron chi connectivity index (χ4n) is 0.434. The van der Waals surface area contributed by atoms with Crippen LogP contribution >= 0.6 is 0 Å². The zero-order valence-electron chi connectivity index (χ0n) is 7.51. The van der Waals surface area contributed by atoms with Crippen LogP contribution < -0.4 is 0 Å². The van der Waals surface area contributed by atoms with Crippen LogP contribution in [0.1, 0.15) is 14.5 Å². The number of carboxylic acid groups (broad SMARTS) is 1. The molecule has 1 aromatic rings. The second-order valence-corrected chi connectivity index (χ2v) is 1.44. The van der Waals surface area contributed by atoms with Gasteiger partial charge in [-0.25, -0.2) is 4.79 Å². The van der Waals surface area contributed by atoms with E-state index in [9.17, 15) is 4.79 Å². The highest BCUT2D eigenvalue weighted by Gasteiger charge is 1.96. The molecule has 1 N–H and O–H groups in total. The third kappa shape index (κ3) is 1.29. The van der Waals surface area contributed by atoms with Gasteiger partial charge in [0.1, 0.15) is 0 Å². The van der Waals surface area contributed by atoms with Gasteiger partial charge in [-0.15, -0.1) is 0 Å². The molecule has 0 fully saturated rings. The average molecular weight is 125 g/mol. The van der Waals surface area contributed by atoms with Crippen LogP contribution in [0.4, 0.5) is 0 Å². The summed E-state index contributed by atoms with van der Waals surface area (Å²) in [4.78, 5) is 10.4. The third-order valence-corrected chi connectivity index (χ3v) is 0.830. The highest BCUT2D eigenvalue weighted by Crippen LogP contribution is 1.96. The molecule has 0 aliphatic carbocycles. The van der Waals surface area contributed by atoms with E-state index in [1.54, 1.807) is 0 Å². The summed E-state index contributed by atoms with van der Waals surface area (Å²) >= 11 is 0. The van der Waals surface area contributed by atoms with E-state index in [0.717, 1.165) is 12.1 Å². The number of aromatic carboxylic acids is 1. The maximum Gasteiger partial charge on any atom is 0.335 e. The van der Waals surface area contributed by atoms with Gasteiger partial charge >= 0.3 is 5.97 Å². The van der Waals surface area contributed by atoms with Gasteiger partial charge in [0.2, 0.25) is 0 Å². The number of hydrogen-bond donors (Lipinski definition) is 1. The van der Waals surface area contributed by atoms with E-state index >= 15 is 0 Å². The summed E-state index contributed by atoms with van der Waals surface area (Å²) in [5.74, 6) is -1.24. The fraction of sp³-hybridized carbons (Fsp3) is 0. The Hall–Kier alpha value is -1.31. The van der Waals surface area contributed by atoms with Crippen LogP contribution in [0, 0.1) is 0 Å². The molecule has 46 valence electrons. The van der Waals surface area contributed by atoms with Crippen molar-refractivity contribution >= 4 is 5.97 Å². The molecule has 1 aromatic carbocycles. The Morgan fingerprint density at radius 1 is 1.67 bits per heavy atom. The molecule has 0 radical (unpaired) electrons. The molecular formula is C7H6O2. The largest absolute Gasteiger partial charge is 0.478 e. The fourth-order valence-corrected chi connectivity index (χ4v) is 0.434. The molecule has 0 bridgehead atoms. The van der Waals surface area contributed by atoms with E-state index in [4.69, 9.17) is 9.22 Å². The number of hydrogen-bond acceptors (Lipinski definition) is 1. The SMILES string of the molecule is [2H]c1cc([2H])c(C(=O)O)cc1[2H]. The molecule has 0 aliphatic rings. The topological polar surface area (TPSA) is 37.3 Å². The third-order valence-electron chi connectivity index (χ3n) is 0.830. The molecule has 1 rings (SSSR count). The quantitative estimate of drug-likeness (QED) is 0.615. The summed E-state index contributed by atoms with van der Waals surface area (Å²) in [5.41, 5.74) is -0.240. The number of carbonyl (C=O) groups is 1. The highest BCUT2D eigenvalue weighted by molar-refractivity contribution is 5.87. The highest BCUT2D eigenvalue weighted by atomic mass is 16.4. The molecule has 0 aromatic heterocycles. The van der Waals surface area contributed by atoms with Gasteiger partial charge in [0.25, 0.3) is 0 Å². The van der Waals surface area contributed by atoms with Gasteiger partial charge in [0.15, 0.2) is 0 Å². The molecule has 0 atom stereocenters. The minimum absolute atomic E-state index is 0.134. The van der Waals surface area contributed by atoms with Gasteiger partial charge < -0.3 is 5.11 Å². The number of carboxylic acids is 1. The van der Waals surface area contributed by atoms with E-state index in [0.29, 0.717) is 0 Å². The average Bonchev–Trinajstić information content (AvgIpc) is 1.96. The van der Waals surface area contributed by atoms with Crippen molar-refractivity contribution in [3.05, 3.63) is 35.8 Å². The van der Waals surface area contributed by atoms with Crippen LogP contribution in [0.5, 0.6) is 0 Å². The second-order valence-electron chi connectivity index (χ2n) is 1.44. The van der Waals surface area contributed by atoms with Crippen molar-refractivity contribution in [3.8, 4) is 0 Å². The summed E-state index contributed by atoms with van der Waals surface area (Å²) in [6.45, 7) is 0. The Morgan fingerprint density at radius 3 is 3.11 bits per heavy atom. The monoisotopic (exact) mass is 125 g/mol. The lowest BCUT2D eigenvalue weighted by atomic mass is 10.2. The van der Waals surface area contributed by atoms with E-state index in [1.165, 1.54) is 0 Å². The zero-order chi connectivity index (χ0) is 9.30. The van der Waals surface area contributed by atoms with E-state index in [1.807, 2.05) is 0 Å². The summed E-state index contributed by atoms with van der Waals surface area (Å²) in [6, 6.07) is 1.51. The van der Waals surface area contributed by atoms with Crippen molar-refractivity contribution in [3.63, 3.8) is 0 Å². The first-order valence-electron chi connectivity index (χ1n) is 3.83. The van der Waals surface area contributed by atoms with Crippen molar-refractivity contribution in [1.29, 1.82) is 0 Å². The van der Waals surface area contributed by atoms with Gasteiger partial charge in [-0.3, -0.25) is 0 Å². The predicted octanol–water partition coefficient (Wildman–Crippen LogP) is 1.38.